The maximum absolute atomic E-state index is 15.6. The van der Waals surface area contributed by atoms with Crippen molar-refractivity contribution in [3.8, 4) is 23.0 Å². The first-order valence-electron chi connectivity index (χ1n) is 21.5. The van der Waals surface area contributed by atoms with Crippen molar-refractivity contribution in [2.24, 2.45) is 5.92 Å². The van der Waals surface area contributed by atoms with Gasteiger partial charge in [-0.2, -0.15) is 45.3 Å². The summed E-state index contributed by atoms with van der Waals surface area (Å²) >= 11 is 6.60. The van der Waals surface area contributed by atoms with Crippen LogP contribution in [0.4, 0.5) is 43.9 Å². The number of halogens is 11. The Bertz CT molecular complexity index is 3380. The van der Waals surface area contributed by atoms with E-state index < -0.39 is 178 Å². The van der Waals surface area contributed by atoms with Gasteiger partial charge in [0.15, 0.2) is 15.5 Å². The molecule has 0 aliphatic heterocycles. The third-order valence-electron chi connectivity index (χ3n) is 12.0. The number of thiol groups is 1. The molecule has 1 fully saturated rings. The van der Waals surface area contributed by atoms with Crippen LogP contribution >= 0.6 is 19.4 Å². The Morgan fingerprint density at radius 3 is 2.27 bits per heavy atom. The van der Waals surface area contributed by atoms with Crippen LogP contribution in [0.25, 0.3) is 22.0 Å². The van der Waals surface area contributed by atoms with Crippen LogP contribution in [0.5, 0.6) is 0 Å². The van der Waals surface area contributed by atoms with Gasteiger partial charge in [-0.15, -0.1) is 0 Å². The molecule has 1 unspecified atom stereocenters. The summed E-state index contributed by atoms with van der Waals surface area (Å²) in [4.78, 5) is 49.7. The molecule has 400 valence electrons. The normalized spacial score (nSPS) is 16.9. The van der Waals surface area contributed by atoms with E-state index in [0.29, 0.717) is 10.7 Å². The number of rotatable bonds is 17. The molecule has 0 saturated heterocycles. The third-order valence-corrected chi connectivity index (χ3v) is 15.5. The fourth-order valence-electron chi connectivity index (χ4n) is 8.38. The monoisotopic (exact) mass is 1130 g/mol. The number of fused-ring (bicyclic) bond motifs is 4. The number of sulfone groups is 1. The average molecular weight is 1130 g/mol. The topological polar surface area (TPSA) is 233 Å². The summed E-state index contributed by atoms with van der Waals surface area (Å²) in [6, 6.07) is 4.82. The van der Waals surface area contributed by atoms with Gasteiger partial charge >= 0.3 is 20.2 Å². The molecule has 3 N–H and O–H groups in total. The molecule has 2 aromatic carbocycles. The van der Waals surface area contributed by atoms with Crippen molar-refractivity contribution < 1.29 is 89.2 Å². The largest absolute Gasteiger partial charge is 0.469 e. The number of hydrogen-bond acceptors (Lipinski definition) is 11. The van der Waals surface area contributed by atoms with Crippen LogP contribution in [-0.2, 0) is 77.6 Å². The predicted octanol–water partition coefficient (Wildman–Crippen LogP) is 7.04. The summed E-state index contributed by atoms with van der Waals surface area (Å²) in [7, 11) is -12.8. The Balaban J connectivity index is 1.42. The molecule has 31 heteroatoms. The molecule has 74 heavy (non-hydrogen) atoms. The second-order valence-electron chi connectivity index (χ2n) is 17.8. The van der Waals surface area contributed by atoms with Gasteiger partial charge in [0.2, 0.25) is 22.7 Å². The number of pyridine rings is 1. The molecule has 3 atom stereocenters. The van der Waals surface area contributed by atoms with E-state index in [1.807, 2.05) is 0 Å². The van der Waals surface area contributed by atoms with Crippen LogP contribution in [0.1, 0.15) is 84.7 Å². The molecule has 2 aliphatic rings. The molecule has 0 bridgehead atoms. The summed E-state index contributed by atoms with van der Waals surface area (Å²) in [5, 5.41) is 8.99. The number of benzene rings is 2. The Morgan fingerprint density at radius 2 is 1.68 bits per heavy atom. The minimum atomic E-state index is -5.23. The summed E-state index contributed by atoms with van der Waals surface area (Å²) in [5.41, 5.74) is -6.31. The lowest BCUT2D eigenvalue weighted by atomic mass is 9.93. The van der Waals surface area contributed by atoms with Gasteiger partial charge in [-0.1, -0.05) is 23.6 Å². The number of phosphoric ester groups is 1. The smallest absolute Gasteiger partial charge is 0.346 e. The van der Waals surface area contributed by atoms with Crippen molar-refractivity contribution in [1.82, 2.24) is 34.2 Å². The van der Waals surface area contributed by atoms with Gasteiger partial charge in [0.05, 0.1) is 41.1 Å². The Labute approximate surface area is 419 Å². The first kappa shape index (κ1) is 56.1. The van der Waals surface area contributed by atoms with Gasteiger partial charge < -0.3 is 15.1 Å². The lowest BCUT2D eigenvalue weighted by Gasteiger charge is -2.23. The van der Waals surface area contributed by atoms with Gasteiger partial charge in [-0.25, -0.2) is 39.5 Å². The van der Waals surface area contributed by atoms with E-state index >= 15 is 8.78 Å². The predicted molar refractivity (Wildman–Crippen MR) is 241 cm³/mol. The number of amides is 2. The molecular weight excluding hydrogens is 1100 g/mol. The van der Waals surface area contributed by atoms with Crippen molar-refractivity contribution in [2.45, 2.75) is 94.1 Å². The van der Waals surface area contributed by atoms with E-state index in [-0.39, 0.29) is 42.8 Å². The fraction of sp³-hybridized carbons (Fsp3) is 0.419. The quantitative estimate of drug-likeness (QED) is 0.0241. The van der Waals surface area contributed by atoms with Gasteiger partial charge in [-0.05, 0) is 80.8 Å². The minimum absolute atomic E-state index is 0.170. The minimum Gasteiger partial charge on any atom is -0.346 e. The van der Waals surface area contributed by atoms with E-state index in [1.54, 1.807) is 0 Å². The molecule has 2 amide bonds. The van der Waals surface area contributed by atoms with Gasteiger partial charge in [0.25, 0.3) is 5.92 Å². The van der Waals surface area contributed by atoms with E-state index in [9.17, 15) is 66.1 Å². The van der Waals surface area contributed by atoms with Crippen LogP contribution in [-0.4, -0.2) is 91.1 Å². The number of phosphoric acid groups is 1. The van der Waals surface area contributed by atoms with Crippen LogP contribution in [0.15, 0.2) is 42.5 Å². The van der Waals surface area contributed by atoms with Crippen LogP contribution in [0, 0.1) is 29.4 Å². The van der Waals surface area contributed by atoms with E-state index in [2.05, 4.69) is 36.9 Å². The molecule has 5 aromatic rings. The molecular formula is C43H39ClF10N7O10PS2. The number of carbonyl (C=O) groups excluding carboxylic acids is 2. The second kappa shape index (κ2) is 20.1. The molecule has 3 aromatic heterocycles. The number of nitrogens with zero attached hydrogens (tertiary/aromatic N) is 6. The highest BCUT2D eigenvalue weighted by molar-refractivity contribution is 7.92. The number of carbonyl (C=O) groups is 2. The zero-order valence-corrected chi connectivity index (χ0v) is 41.6. The van der Waals surface area contributed by atoms with Crippen molar-refractivity contribution in [1.29, 1.82) is 0 Å². The third kappa shape index (κ3) is 12.2. The van der Waals surface area contributed by atoms with E-state index in [1.165, 1.54) is 13.8 Å². The van der Waals surface area contributed by atoms with Gasteiger partial charge in [-0.3, -0.25) is 23.5 Å². The second-order valence-corrected chi connectivity index (χ2v) is 22.9. The summed E-state index contributed by atoms with van der Waals surface area (Å²) in [6.07, 6.45) is -11.6. The SMILES string of the molecule is CC(C)(C#Cc1ccc(-c2ccc(Cl)c3c(CN(C(=O)CCCOP(=O)(O)O)[SH](=O)=O)nn(CC(F)(F)F)c23)c(C(Cc2cc(F)cc(F)c2)NC(=O)Cn2nc(C(F)(F)F)c3c2C(F)(F)[C@@H]2C[C@H]32)n1)S(C)(=O)=O. The number of nitrogens with one attached hydrogen (secondary N) is 1. The molecule has 17 nitrogen and oxygen atoms in total. The summed E-state index contributed by atoms with van der Waals surface area (Å²) in [5.74, 6) is -6.35. The summed E-state index contributed by atoms with van der Waals surface area (Å²) in [6.45, 7) is -2.57. The molecule has 0 radical (unpaired) electrons. The van der Waals surface area contributed by atoms with E-state index in [0.717, 1.165) is 42.7 Å². The summed E-state index contributed by atoms with van der Waals surface area (Å²) < 4.78 is 211. The van der Waals surface area contributed by atoms with Crippen LogP contribution < -0.4 is 5.32 Å². The molecule has 3 heterocycles. The maximum Gasteiger partial charge on any atom is 0.469 e. The Kier molecular flexibility index (Phi) is 15.3. The molecule has 0 spiro atoms. The Hall–Kier alpha value is -5.63. The van der Waals surface area contributed by atoms with E-state index in [4.69, 9.17) is 21.4 Å². The van der Waals surface area contributed by atoms with Crippen molar-refractivity contribution in [3.63, 3.8) is 0 Å². The highest BCUT2D eigenvalue weighted by Gasteiger charge is 2.68. The highest BCUT2D eigenvalue weighted by atomic mass is 35.5. The number of hydrogen-bond donors (Lipinski definition) is 4. The van der Waals surface area contributed by atoms with Crippen LogP contribution in [0.2, 0.25) is 5.02 Å². The van der Waals surface area contributed by atoms with Crippen molar-refractivity contribution in [3.05, 3.63) is 98.7 Å². The van der Waals surface area contributed by atoms with Crippen LogP contribution in [0.3, 0.4) is 0 Å². The number of aromatic nitrogens is 5. The zero-order chi connectivity index (χ0) is 54.8. The van der Waals surface area contributed by atoms with Gasteiger partial charge in [0.1, 0.15) is 40.9 Å². The highest BCUT2D eigenvalue weighted by Crippen LogP contribution is 2.68. The molecule has 1 saturated carbocycles. The average Bonchev–Trinajstić information content (AvgIpc) is 3.77. The fourth-order valence-corrected chi connectivity index (χ4v) is 9.77. The molecule has 7 rings (SSSR count). The lowest BCUT2D eigenvalue weighted by molar-refractivity contribution is -0.143. The molecule has 2 aliphatic carbocycles. The maximum atomic E-state index is 15.6. The van der Waals surface area contributed by atoms with Crippen molar-refractivity contribution >= 4 is 62.9 Å². The Morgan fingerprint density at radius 1 is 1.03 bits per heavy atom. The first-order valence-corrected chi connectivity index (χ1v) is 26.4. The van der Waals surface area contributed by atoms with Gasteiger partial charge in [0, 0.05) is 46.7 Å². The standard InChI is InChI=1S/C43H39ClF10N7O10PS2/c1-40(2,74(3,69)70)11-10-24-6-7-25(26-8-9-29(44)35-31(57-60(37(26)35)20-41(47,48)49)18-61(73(67)68)33(63)5-4-12-71-72(64,65)66)36(55-24)30(15-21-13-22(45)16-23(46)14-21)56-32(62)19-59-39-34(38(58-59)43(52,53)54)27-17-28(27)42(39,50)51/h6-9,13-14,16,27-28,30,73H,4-5,12,15,17-20H2,1-3H3,(H,56,62)(H2,64,65,66)/t27-,28+,30?/m0/s1. The number of alkyl halides is 8. The van der Waals surface area contributed by atoms with Crippen molar-refractivity contribution in [2.75, 3.05) is 12.9 Å². The first-order chi connectivity index (χ1) is 34.1. The zero-order valence-electron chi connectivity index (χ0n) is 38.2. The lowest BCUT2D eigenvalue weighted by Crippen LogP contribution is -2.35.